The molecule has 1 aliphatic heterocycles. The number of allylic oxidation sites excluding steroid dienone is 4. The summed E-state index contributed by atoms with van der Waals surface area (Å²) < 4.78 is 43.0. The number of fused-ring (bicyclic) bond motifs is 7. The Bertz CT molecular complexity index is 902. The van der Waals surface area contributed by atoms with Crippen molar-refractivity contribution in [3.63, 3.8) is 0 Å². The Labute approximate surface area is 185 Å². The highest BCUT2D eigenvalue weighted by atomic mass is 32.2. The third kappa shape index (κ3) is 2.47. The van der Waals surface area contributed by atoms with E-state index >= 15 is 4.39 Å². The van der Waals surface area contributed by atoms with Crippen molar-refractivity contribution in [2.75, 3.05) is 6.26 Å². The van der Waals surface area contributed by atoms with Crippen LogP contribution in [0.2, 0.25) is 0 Å². The molecule has 0 bridgehead atoms. The predicted octanol–water partition coefficient (Wildman–Crippen LogP) is 3.58. The number of carbonyl (C=O) groups is 1. The van der Waals surface area contributed by atoms with Gasteiger partial charge in [0, 0.05) is 23.0 Å². The van der Waals surface area contributed by atoms with Crippen LogP contribution >= 0.6 is 0 Å². The van der Waals surface area contributed by atoms with Crippen LogP contribution in [0.5, 0.6) is 0 Å². The Morgan fingerprint density at radius 3 is 2.74 bits per heavy atom. The van der Waals surface area contributed by atoms with Crippen molar-refractivity contribution in [2.45, 2.75) is 88.4 Å². The minimum atomic E-state index is -1.89. The third-order valence-electron chi connectivity index (χ3n) is 9.29. The van der Waals surface area contributed by atoms with Crippen LogP contribution in [0.4, 0.5) is 4.39 Å². The fraction of sp³-hybridized carbons (Fsp3) is 0.792. The predicted molar refractivity (Wildman–Crippen MR) is 115 cm³/mol. The van der Waals surface area contributed by atoms with Crippen LogP contribution in [0.15, 0.2) is 23.8 Å². The van der Waals surface area contributed by atoms with Crippen LogP contribution in [-0.4, -0.2) is 50.5 Å². The Hall–Kier alpha value is -0.890. The van der Waals surface area contributed by atoms with Crippen molar-refractivity contribution in [3.8, 4) is 0 Å². The summed E-state index contributed by atoms with van der Waals surface area (Å²) in [7, 11) is -1.36. The Balaban J connectivity index is 1.59. The molecule has 1 unspecified atom stereocenters. The topological polar surface area (TPSA) is 72.8 Å². The summed E-state index contributed by atoms with van der Waals surface area (Å²) in [6.07, 6.45) is 7.79. The summed E-state index contributed by atoms with van der Waals surface area (Å²) in [5.74, 6) is -0.671. The van der Waals surface area contributed by atoms with Gasteiger partial charge in [0.25, 0.3) is 0 Å². The van der Waals surface area contributed by atoms with Crippen LogP contribution in [0.1, 0.15) is 59.3 Å². The molecule has 0 aromatic carbocycles. The van der Waals surface area contributed by atoms with Gasteiger partial charge in [-0.2, -0.15) is 0 Å². The average Bonchev–Trinajstić information content (AvgIpc) is 3.17. The second-order valence-corrected chi connectivity index (χ2v) is 12.1. The molecule has 3 saturated carbocycles. The molecule has 5 nitrogen and oxygen atoms in total. The average molecular weight is 453 g/mol. The molecular formula is C24H33FO5S. The molecule has 0 aromatic rings. The minimum absolute atomic E-state index is 0.121. The van der Waals surface area contributed by atoms with Gasteiger partial charge in [0.15, 0.2) is 22.7 Å². The van der Waals surface area contributed by atoms with Gasteiger partial charge in [-0.1, -0.05) is 31.9 Å². The zero-order chi connectivity index (χ0) is 22.4. The van der Waals surface area contributed by atoms with Crippen molar-refractivity contribution in [1.82, 2.24) is 0 Å². The molecule has 1 N–H and O–H groups in total. The number of hydrogen-bond donors (Lipinski definition) is 1. The van der Waals surface area contributed by atoms with Crippen molar-refractivity contribution >= 4 is 16.6 Å². The standard InChI is InChI=1S/C24H33FO5S/c1-5-6-20-29-19-12-17-16-8-7-14-11-15(26)9-10-21(14,2)23(16,25)18(27)13-22(17,3)24(19,30-20)31(4)28/h9-11,16-20,27H,5-8,12-13H2,1-4H3/t16-,17-,18-,19+,20+,21-,22-,23-,24-,31?/m0/s1. The van der Waals surface area contributed by atoms with E-state index in [1.165, 1.54) is 6.08 Å². The molecule has 1 heterocycles. The number of hydrogen-bond acceptors (Lipinski definition) is 5. The zero-order valence-electron chi connectivity index (χ0n) is 18.7. The number of ketones is 1. The van der Waals surface area contributed by atoms with Crippen LogP contribution in [0.3, 0.4) is 0 Å². The number of carbonyl (C=O) groups excluding carboxylic acids is 1. The van der Waals surface area contributed by atoms with E-state index in [1.54, 1.807) is 18.4 Å². The van der Waals surface area contributed by atoms with Crippen LogP contribution in [0.25, 0.3) is 0 Å². The summed E-state index contributed by atoms with van der Waals surface area (Å²) in [4.78, 5) is 10.9. The van der Waals surface area contributed by atoms with Crippen LogP contribution < -0.4 is 0 Å². The van der Waals surface area contributed by atoms with Gasteiger partial charge in [-0.25, -0.2) is 4.39 Å². The van der Waals surface area contributed by atoms with Gasteiger partial charge in [0.05, 0.1) is 16.9 Å². The van der Waals surface area contributed by atoms with Gasteiger partial charge in [-0.15, -0.1) is 0 Å². The highest BCUT2D eigenvalue weighted by Crippen LogP contribution is 2.72. The first kappa shape index (κ1) is 21.9. The van der Waals surface area contributed by atoms with E-state index in [1.807, 2.05) is 13.8 Å². The second-order valence-electron chi connectivity index (χ2n) is 10.6. The monoisotopic (exact) mass is 452 g/mol. The van der Waals surface area contributed by atoms with Crippen molar-refractivity contribution in [2.24, 2.45) is 22.7 Å². The Kier molecular flexibility index (Phi) is 4.82. The molecule has 5 rings (SSSR count). The molecule has 0 radical (unpaired) electrons. The van der Waals surface area contributed by atoms with E-state index in [0.29, 0.717) is 19.3 Å². The van der Waals surface area contributed by atoms with Gasteiger partial charge in [0.2, 0.25) is 0 Å². The van der Waals surface area contributed by atoms with Crippen LogP contribution in [0, 0.1) is 22.7 Å². The Morgan fingerprint density at radius 2 is 2.06 bits per heavy atom. The Morgan fingerprint density at radius 1 is 1.32 bits per heavy atom. The zero-order valence-corrected chi connectivity index (χ0v) is 19.5. The largest absolute Gasteiger partial charge is 0.390 e. The molecule has 172 valence electrons. The van der Waals surface area contributed by atoms with E-state index in [-0.39, 0.29) is 24.2 Å². The summed E-state index contributed by atoms with van der Waals surface area (Å²) in [6, 6.07) is 0. The van der Waals surface area contributed by atoms with Gasteiger partial charge in [-0.3, -0.25) is 9.00 Å². The highest BCUT2D eigenvalue weighted by molar-refractivity contribution is 7.85. The molecule has 0 amide bonds. The fourth-order valence-electron chi connectivity index (χ4n) is 7.85. The maximum atomic E-state index is 17.2. The van der Waals surface area contributed by atoms with Gasteiger partial charge < -0.3 is 14.6 Å². The van der Waals surface area contributed by atoms with Crippen molar-refractivity contribution in [3.05, 3.63) is 23.8 Å². The van der Waals surface area contributed by atoms with E-state index in [4.69, 9.17) is 9.47 Å². The number of alkyl halides is 1. The second kappa shape index (κ2) is 6.81. The molecule has 5 aliphatic rings. The van der Waals surface area contributed by atoms with E-state index < -0.39 is 50.5 Å². The van der Waals surface area contributed by atoms with Gasteiger partial charge in [0.1, 0.15) is 6.10 Å². The van der Waals surface area contributed by atoms with Crippen molar-refractivity contribution < 1.29 is 28.0 Å². The smallest absolute Gasteiger partial charge is 0.178 e. The summed E-state index contributed by atoms with van der Waals surface area (Å²) in [6.45, 7) is 5.89. The first-order valence-corrected chi connectivity index (χ1v) is 13.1. The number of ether oxygens (including phenoxy) is 2. The maximum Gasteiger partial charge on any atom is 0.178 e. The summed E-state index contributed by atoms with van der Waals surface area (Å²) >= 11 is 0. The highest BCUT2D eigenvalue weighted by Gasteiger charge is 2.78. The van der Waals surface area contributed by atoms with E-state index in [0.717, 1.165) is 18.4 Å². The number of halogens is 1. The SMILES string of the molecule is CCC[C@@H]1O[C@@H]2C[C@H]3[C@@H]4CCC5=CC(=O)C=C[C@]5(C)[C@@]4(F)[C@@H](O)C[C@]3(C)[C@]2(S(C)=O)O1. The first-order valence-electron chi connectivity index (χ1n) is 11.5. The molecule has 0 spiro atoms. The molecule has 10 atom stereocenters. The van der Waals surface area contributed by atoms with Gasteiger partial charge in [-0.05, 0) is 57.1 Å². The van der Waals surface area contributed by atoms with Crippen LogP contribution in [-0.2, 0) is 25.1 Å². The molecule has 0 aromatic heterocycles. The normalized spacial score (nSPS) is 53.9. The molecule has 1 saturated heterocycles. The molecular weight excluding hydrogens is 419 g/mol. The number of aliphatic hydroxyl groups excluding tert-OH is 1. The fourth-order valence-corrected chi connectivity index (χ4v) is 9.51. The van der Waals surface area contributed by atoms with Crippen molar-refractivity contribution in [1.29, 1.82) is 0 Å². The van der Waals surface area contributed by atoms with E-state index in [2.05, 4.69) is 6.92 Å². The lowest BCUT2D eigenvalue weighted by atomic mass is 9.45. The first-order chi connectivity index (χ1) is 14.5. The quantitative estimate of drug-likeness (QED) is 0.709. The van der Waals surface area contributed by atoms with E-state index in [9.17, 15) is 14.1 Å². The minimum Gasteiger partial charge on any atom is -0.390 e. The molecule has 31 heavy (non-hydrogen) atoms. The molecule has 4 fully saturated rings. The molecule has 7 heteroatoms. The lowest BCUT2D eigenvalue weighted by Gasteiger charge is -2.62. The van der Waals surface area contributed by atoms with Gasteiger partial charge >= 0.3 is 0 Å². The third-order valence-corrected chi connectivity index (χ3v) is 11.0. The summed E-state index contributed by atoms with van der Waals surface area (Å²) in [5.41, 5.74) is -2.81. The number of rotatable bonds is 3. The summed E-state index contributed by atoms with van der Waals surface area (Å²) in [5, 5.41) is 11.4. The lowest BCUT2D eigenvalue weighted by molar-refractivity contribution is -0.217. The number of aliphatic hydroxyl groups is 1. The maximum absolute atomic E-state index is 17.2. The molecule has 4 aliphatic carbocycles. The lowest BCUT2D eigenvalue weighted by Crippen LogP contribution is -2.69.